The minimum atomic E-state index is -0.641. The fourth-order valence-electron chi connectivity index (χ4n) is 2.41. The van der Waals surface area contributed by atoms with Gasteiger partial charge in [0.05, 0.1) is 0 Å². The summed E-state index contributed by atoms with van der Waals surface area (Å²) in [4.78, 5) is 2.55. The number of rotatable bonds is 7. The Morgan fingerprint density at radius 1 is 1.41 bits per heavy atom. The van der Waals surface area contributed by atoms with Crippen LogP contribution in [0.25, 0.3) is 0 Å². The van der Waals surface area contributed by atoms with Crippen molar-refractivity contribution in [3.8, 4) is 0 Å². The van der Waals surface area contributed by atoms with Crippen LogP contribution in [-0.2, 0) is 10.8 Å². The molecule has 0 aliphatic carbocycles. The maximum absolute atomic E-state index is 11.1. The Kier molecular flexibility index (Phi) is 7.32. The van der Waals surface area contributed by atoms with Gasteiger partial charge in [-0.25, -0.2) is 0 Å². The Labute approximate surface area is 109 Å². The second kappa shape index (κ2) is 8.22. The zero-order valence-corrected chi connectivity index (χ0v) is 12.4. The fraction of sp³-hybridized carbons (Fsp3) is 1.00. The van der Waals surface area contributed by atoms with Crippen LogP contribution < -0.4 is 5.32 Å². The molecular weight excluding hydrogens is 232 g/mol. The lowest BCUT2D eigenvalue weighted by Gasteiger charge is -2.36. The van der Waals surface area contributed by atoms with Gasteiger partial charge in [-0.1, -0.05) is 6.92 Å². The lowest BCUT2D eigenvalue weighted by Crippen LogP contribution is -2.46. The highest BCUT2D eigenvalue weighted by Gasteiger charge is 2.21. The van der Waals surface area contributed by atoms with E-state index in [1.54, 1.807) is 6.26 Å². The monoisotopic (exact) mass is 260 g/mol. The van der Waals surface area contributed by atoms with Crippen LogP contribution in [0.1, 0.15) is 39.5 Å². The van der Waals surface area contributed by atoms with Gasteiger partial charge in [-0.3, -0.25) is 4.21 Å². The fourth-order valence-corrected chi connectivity index (χ4v) is 3.08. The average Bonchev–Trinajstić information content (AvgIpc) is 2.34. The molecule has 1 aliphatic rings. The molecule has 0 bridgehead atoms. The van der Waals surface area contributed by atoms with E-state index >= 15 is 0 Å². The summed E-state index contributed by atoms with van der Waals surface area (Å²) >= 11 is 0. The zero-order valence-electron chi connectivity index (χ0n) is 11.6. The topological polar surface area (TPSA) is 32.3 Å². The van der Waals surface area contributed by atoms with E-state index in [0.717, 1.165) is 24.8 Å². The highest BCUT2D eigenvalue weighted by molar-refractivity contribution is 7.84. The predicted molar refractivity (Wildman–Crippen MR) is 75.9 cm³/mol. The Morgan fingerprint density at radius 2 is 2.06 bits per heavy atom. The van der Waals surface area contributed by atoms with Gasteiger partial charge in [-0.05, 0) is 52.2 Å². The summed E-state index contributed by atoms with van der Waals surface area (Å²) in [5.41, 5.74) is 0. The maximum atomic E-state index is 11.1. The predicted octanol–water partition coefficient (Wildman–Crippen LogP) is 1.61. The third-order valence-electron chi connectivity index (χ3n) is 3.66. The van der Waals surface area contributed by atoms with Crippen molar-refractivity contribution < 1.29 is 4.21 Å². The lowest BCUT2D eigenvalue weighted by atomic mass is 10.0. The smallest absolute Gasteiger partial charge is 0.0246 e. The molecule has 0 aromatic rings. The van der Waals surface area contributed by atoms with E-state index in [4.69, 9.17) is 0 Å². The minimum Gasteiger partial charge on any atom is -0.314 e. The van der Waals surface area contributed by atoms with Crippen LogP contribution in [-0.4, -0.2) is 52.8 Å². The third-order valence-corrected chi connectivity index (χ3v) is 4.47. The van der Waals surface area contributed by atoms with Gasteiger partial charge in [0, 0.05) is 34.9 Å². The van der Waals surface area contributed by atoms with Crippen LogP contribution in [0.3, 0.4) is 0 Å². The highest BCUT2D eigenvalue weighted by atomic mass is 32.2. The standard InChI is InChI=1S/C13H28N2OS/c1-4-8-14-13-5-9-15(10-6-13)12(2)7-11-17(3)16/h12-14H,4-11H2,1-3H3. The molecule has 2 unspecified atom stereocenters. The van der Waals surface area contributed by atoms with Crippen LogP contribution in [0.5, 0.6) is 0 Å². The van der Waals surface area contributed by atoms with Crippen LogP contribution in [0.2, 0.25) is 0 Å². The minimum absolute atomic E-state index is 0.589. The molecule has 0 aromatic carbocycles. The molecule has 0 aromatic heterocycles. The van der Waals surface area contributed by atoms with Gasteiger partial charge in [0.2, 0.25) is 0 Å². The van der Waals surface area contributed by atoms with E-state index in [-0.39, 0.29) is 0 Å². The van der Waals surface area contributed by atoms with Crippen LogP contribution in [0, 0.1) is 0 Å². The molecule has 0 spiro atoms. The summed E-state index contributed by atoms with van der Waals surface area (Å²) in [5.74, 6) is 0.842. The molecule has 1 fully saturated rings. The van der Waals surface area contributed by atoms with Crippen molar-refractivity contribution in [3.05, 3.63) is 0 Å². The Bertz CT molecular complexity index is 227. The molecule has 1 N–H and O–H groups in total. The largest absolute Gasteiger partial charge is 0.314 e. The number of hydrogen-bond acceptors (Lipinski definition) is 3. The molecule has 0 amide bonds. The summed E-state index contributed by atoms with van der Waals surface area (Å²) < 4.78 is 11.1. The quantitative estimate of drug-likeness (QED) is 0.755. The molecule has 1 rings (SSSR count). The average molecular weight is 260 g/mol. The first-order chi connectivity index (χ1) is 8.13. The normalized spacial score (nSPS) is 22.5. The van der Waals surface area contributed by atoms with Crippen molar-refractivity contribution in [2.75, 3.05) is 31.6 Å². The number of likely N-dealkylation sites (tertiary alicyclic amines) is 1. The molecule has 1 aliphatic heterocycles. The molecule has 4 heteroatoms. The molecule has 3 nitrogen and oxygen atoms in total. The molecule has 1 saturated heterocycles. The van der Waals surface area contributed by atoms with Crippen molar-refractivity contribution in [1.29, 1.82) is 0 Å². The molecule has 2 atom stereocenters. The second-order valence-electron chi connectivity index (χ2n) is 5.18. The van der Waals surface area contributed by atoms with E-state index in [0.29, 0.717) is 6.04 Å². The molecule has 0 radical (unpaired) electrons. The SMILES string of the molecule is CCCNC1CCN(C(C)CCS(C)=O)CC1. The van der Waals surface area contributed by atoms with Gasteiger partial charge in [-0.15, -0.1) is 0 Å². The van der Waals surface area contributed by atoms with Crippen LogP contribution >= 0.6 is 0 Å². The number of nitrogens with zero attached hydrogens (tertiary/aromatic N) is 1. The van der Waals surface area contributed by atoms with Gasteiger partial charge in [0.25, 0.3) is 0 Å². The summed E-state index contributed by atoms with van der Waals surface area (Å²) in [5, 5.41) is 3.61. The van der Waals surface area contributed by atoms with E-state index in [9.17, 15) is 4.21 Å². The van der Waals surface area contributed by atoms with E-state index in [1.807, 2.05) is 0 Å². The molecule has 102 valence electrons. The summed E-state index contributed by atoms with van der Waals surface area (Å²) in [6.45, 7) is 8.02. The number of piperidine rings is 1. The first-order valence-corrected chi connectivity index (χ1v) is 8.63. The maximum Gasteiger partial charge on any atom is 0.0246 e. The van der Waals surface area contributed by atoms with Crippen molar-refractivity contribution in [2.45, 2.75) is 51.6 Å². The van der Waals surface area contributed by atoms with E-state index < -0.39 is 10.8 Å². The Hall–Kier alpha value is 0.0700. The number of nitrogens with one attached hydrogen (secondary N) is 1. The van der Waals surface area contributed by atoms with Gasteiger partial charge < -0.3 is 10.2 Å². The van der Waals surface area contributed by atoms with E-state index in [2.05, 4.69) is 24.1 Å². The first kappa shape index (κ1) is 15.1. The first-order valence-electron chi connectivity index (χ1n) is 6.91. The third kappa shape index (κ3) is 5.98. The highest BCUT2D eigenvalue weighted by Crippen LogP contribution is 2.15. The van der Waals surface area contributed by atoms with Gasteiger partial charge in [0.15, 0.2) is 0 Å². The lowest BCUT2D eigenvalue weighted by molar-refractivity contribution is 0.150. The Balaban J connectivity index is 2.19. The van der Waals surface area contributed by atoms with Gasteiger partial charge >= 0.3 is 0 Å². The molecular formula is C13H28N2OS. The van der Waals surface area contributed by atoms with Crippen molar-refractivity contribution in [2.24, 2.45) is 0 Å². The van der Waals surface area contributed by atoms with Crippen molar-refractivity contribution in [3.63, 3.8) is 0 Å². The van der Waals surface area contributed by atoms with Crippen molar-refractivity contribution >= 4 is 10.8 Å². The van der Waals surface area contributed by atoms with Gasteiger partial charge in [0.1, 0.15) is 0 Å². The van der Waals surface area contributed by atoms with Gasteiger partial charge in [-0.2, -0.15) is 0 Å². The van der Waals surface area contributed by atoms with Crippen molar-refractivity contribution in [1.82, 2.24) is 10.2 Å². The summed E-state index contributed by atoms with van der Waals surface area (Å²) in [7, 11) is -0.641. The summed E-state index contributed by atoms with van der Waals surface area (Å²) in [6.07, 6.45) is 6.61. The summed E-state index contributed by atoms with van der Waals surface area (Å²) in [6, 6.07) is 1.31. The number of hydrogen-bond donors (Lipinski definition) is 1. The van der Waals surface area contributed by atoms with Crippen LogP contribution in [0.15, 0.2) is 0 Å². The Morgan fingerprint density at radius 3 is 2.59 bits per heavy atom. The van der Waals surface area contributed by atoms with Crippen LogP contribution in [0.4, 0.5) is 0 Å². The molecule has 1 heterocycles. The van der Waals surface area contributed by atoms with E-state index in [1.165, 1.54) is 32.4 Å². The second-order valence-corrected chi connectivity index (χ2v) is 6.73. The molecule has 17 heavy (non-hydrogen) atoms. The molecule has 0 saturated carbocycles. The zero-order chi connectivity index (χ0) is 12.7.